The Morgan fingerprint density at radius 3 is 2.25 bits per heavy atom. The molecule has 0 spiro atoms. The number of carboxylic acids is 1. The zero-order chi connectivity index (χ0) is 30.0. The molecular weight excluding hydrogens is 542 g/mol. The summed E-state index contributed by atoms with van der Waals surface area (Å²) in [5.74, 6) is -4.32. The van der Waals surface area contributed by atoms with Gasteiger partial charge in [0.15, 0.2) is 11.6 Å². The summed E-state index contributed by atoms with van der Waals surface area (Å²) in [6, 6.07) is 8.27. The average Bonchev–Trinajstić information content (AvgIpc) is 2.89. The van der Waals surface area contributed by atoms with E-state index in [-0.39, 0.29) is 22.8 Å². The highest BCUT2D eigenvalue weighted by Gasteiger charge is 2.30. The first kappa shape index (κ1) is 32.0. The van der Waals surface area contributed by atoms with Crippen molar-refractivity contribution in [3.63, 3.8) is 0 Å². The van der Waals surface area contributed by atoms with Gasteiger partial charge in [-0.2, -0.15) is 0 Å². The minimum absolute atomic E-state index is 0.129. The van der Waals surface area contributed by atoms with Crippen molar-refractivity contribution in [3.05, 3.63) is 64.2 Å². The number of rotatable bonds is 14. The summed E-state index contributed by atoms with van der Waals surface area (Å²) in [5.41, 5.74) is 0.950. The van der Waals surface area contributed by atoms with Crippen molar-refractivity contribution in [2.75, 3.05) is 13.7 Å². The normalized spacial score (nSPS) is 12.2. The van der Waals surface area contributed by atoms with Crippen LogP contribution in [0.1, 0.15) is 53.5 Å². The third kappa shape index (κ3) is 9.19. The van der Waals surface area contributed by atoms with Gasteiger partial charge in [-0.25, -0.2) is 0 Å². The summed E-state index contributed by atoms with van der Waals surface area (Å²) in [4.78, 5) is 74.3. The molecule has 3 amide bonds. The number of carbonyl (C=O) groups excluding carboxylic acids is 5. The van der Waals surface area contributed by atoms with E-state index in [1.54, 1.807) is 38.1 Å². The lowest BCUT2D eigenvalue weighted by Gasteiger charge is -2.25. The number of hydrogen-bond acceptors (Lipinski definition) is 7. The fourth-order valence-corrected chi connectivity index (χ4v) is 4.00. The van der Waals surface area contributed by atoms with Crippen LogP contribution in [-0.4, -0.2) is 66.1 Å². The maximum Gasteiger partial charge on any atom is 0.305 e. The van der Waals surface area contributed by atoms with E-state index in [0.29, 0.717) is 16.9 Å². The molecule has 214 valence electrons. The number of Topliss-reactive ketones (excluding diaryl/α,β-unsaturated/α-hetero) is 2. The molecule has 0 heterocycles. The first-order valence-corrected chi connectivity index (χ1v) is 12.8. The van der Waals surface area contributed by atoms with Crippen LogP contribution in [0.3, 0.4) is 0 Å². The SMILES string of the molecule is COc1ccc(C(C)=O)cc1CC(=O)N[C@H](C(=O)N[C@@H](CC(=O)O)C(=O)CNC(=O)c1ccccc1Cl)C(C)C. The monoisotopic (exact) mass is 573 g/mol. The third-order valence-electron chi connectivity index (χ3n) is 5.93. The summed E-state index contributed by atoms with van der Waals surface area (Å²) in [5, 5.41) is 16.8. The van der Waals surface area contributed by atoms with Gasteiger partial charge in [0.05, 0.1) is 43.1 Å². The Bertz CT molecular complexity index is 1290. The molecule has 0 aromatic heterocycles. The summed E-state index contributed by atoms with van der Waals surface area (Å²) >= 11 is 5.99. The number of ketones is 2. The van der Waals surface area contributed by atoms with Crippen molar-refractivity contribution in [1.29, 1.82) is 0 Å². The predicted octanol–water partition coefficient (Wildman–Crippen LogP) is 2.19. The molecule has 0 aliphatic carbocycles. The Kier molecular flexibility index (Phi) is 11.8. The minimum Gasteiger partial charge on any atom is -0.496 e. The molecule has 2 aromatic rings. The van der Waals surface area contributed by atoms with Crippen LogP contribution < -0.4 is 20.7 Å². The van der Waals surface area contributed by atoms with Crippen molar-refractivity contribution < 1.29 is 38.6 Å². The van der Waals surface area contributed by atoms with Gasteiger partial charge in [-0.3, -0.25) is 28.8 Å². The van der Waals surface area contributed by atoms with Gasteiger partial charge in [0.25, 0.3) is 5.91 Å². The van der Waals surface area contributed by atoms with Gasteiger partial charge in [0, 0.05) is 11.1 Å². The molecule has 0 radical (unpaired) electrons. The van der Waals surface area contributed by atoms with Crippen LogP contribution in [0.2, 0.25) is 5.02 Å². The molecule has 2 atom stereocenters. The van der Waals surface area contributed by atoms with Crippen LogP contribution in [0.5, 0.6) is 5.75 Å². The van der Waals surface area contributed by atoms with Gasteiger partial charge >= 0.3 is 5.97 Å². The van der Waals surface area contributed by atoms with Crippen LogP contribution in [0.4, 0.5) is 0 Å². The zero-order valence-electron chi connectivity index (χ0n) is 22.6. The molecule has 0 unspecified atom stereocenters. The molecule has 0 saturated carbocycles. The van der Waals surface area contributed by atoms with Crippen molar-refractivity contribution >= 4 is 46.9 Å². The minimum atomic E-state index is -1.47. The molecular formula is C28H32ClN3O8. The number of methoxy groups -OCH3 is 1. The number of aliphatic carboxylic acids is 1. The number of nitrogens with one attached hydrogen (secondary N) is 3. The first-order chi connectivity index (χ1) is 18.8. The lowest BCUT2D eigenvalue weighted by molar-refractivity contribution is -0.140. The summed E-state index contributed by atoms with van der Waals surface area (Å²) in [7, 11) is 1.42. The smallest absolute Gasteiger partial charge is 0.305 e. The van der Waals surface area contributed by atoms with Gasteiger partial charge in [0.2, 0.25) is 11.8 Å². The molecule has 0 saturated heterocycles. The summed E-state index contributed by atoms with van der Waals surface area (Å²) in [6.07, 6.45) is -0.938. The van der Waals surface area contributed by atoms with Gasteiger partial charge in [0.1, 0.15) is 11.8 Å². The van der Waals surface area contributed by atoms with Gasteiger partial charge in [-0.1, -0.05) is 37.6 Å². The van der Waals surface area contributed by atoms with Crippen LogP contribution in [0.15, 0.2) is 42.5 Å². The quantitative estimate of drug-likeness (QED) is 0.249. The maximum absolute atomic E-state index is 13.1. The standard InChI is InChI=1S/C28H32ClN3O8/c1-15(2)26(32-24(35)12-18-11-17(16(3)33)9-10-23(18)40-4)28(39)31-21(13-25(36)37)22(34)14-30-27(38)19-7-5-6-8-20(19)29/h5-11,15,21,26H,12-14H2,1-4H3,(H,30,38)(H,31,39)(H,32,35)(H,36,37)/t21-,26-/m0/s1. The van der Waals surface area contributed by atoms with E-state index in [1.807, 2.05) is 0 Å². The Hall–Kier alpha value is -4.25. The Balaban J connectivity index is 2.11. The van der Waals surface area contributed by atoms with Crippen molar-refractivity contribution in [2.24, 2.45) is 5.92 Å². The summed E-state index contributed by atoms with van der Waals surface area (Å²) in [6.45, 7) is 4.16. The largest absolute Gasteiger partial charge is 0.496 e. The number of ether oxygens (including phenoxy) is 1. The topological polar surface area (TPSA) is 168 Å². The van der Waals surface area contributed by atoms with Crippen LogP contribution in [0.25, 0.3) is 0 Å². The lowest BCUT2D eigenvalue weighted by Crippen LogP contribution is -2.55. The molecule has 0 bridgehead atoms. The Labute approximate surface area is 236 Å². The number of amides is 3. The Morgan fingerprint density at radius 1 is 1.00 bits per heavy atom. The maximum atomic E-state index is 13.1. The first-order valence-electron chi connectivity index (χ1n) is 12.4. The second-order valence-corrected chi connectivity index (χ2v) is 9.74. The summed E-state index contributed by atoms with van der Waals surface area (Å²) < 4.78 is 5.27. The second-order valence-electron chi connectivity index (χ2n) is 9.34. The van der Waals surface area contributed by atoms with Crippen LogP contribution in [-0.2, 0) is 25.6 Å². The molecule has 11 nitrogen and oxygen atoms in total. The number of benzene rings is 2. The van der Waals surface area contributed by atoms with E-state index in [0.717, 1.165) is 0 Å². The molecule has 0 fully saturated rings. The predicted molar refractivity (Wildman–Crippen MR) is 146 cm³/mol. The van der Waals surface area contributed by atoms with E-state index >= 15 is 0 Å². The van der Waals surface area contributed by atoms with Crippen molar-refractivity contribution in [3.8, 4) is 5.75 Å². The van der Waals surface area contributed by atoms with Gasteiger partial charge in [-0.15, -0.1) is 0 Å². The number of halogens is 1. The van der Waals surface area contributed by atoms with Crippen molar-refractivity contribution in [2.45, 2.75) is 45.7 Å². The van der Waals surface area contributed by atoms with E-state index < -0.39 is 60.4 Å². The highest BCUT2D eigenvalue weighted by Crippen LogP contribution is 2.21. The fourth-order valence-electron chi connectivity index (χ4n) is 3.78. The van der Waals surface area contributed by atoms with E-state index in [9.17, 15) is 33.9 Å². The fraction of sp³-hybridized carbons (Fsp3) is 0.357. The molecule has 0 aliphatic heterocycles. The second kappa shape index (κ2) is 14.8. The van der Waals surface area contributed by atoms with Crippen LogP contribution >= 0.6 is 11.6 Å². The zero-order valence-corrected chi connectivity index (χ0v) is 23.3. The molecule has 12 heteroatoms. The highest BCUT2D eigenvalue weighted by molar-refractivity contribution is 6.33. The molecule has 40 heavy (non-hydrogen) atoms. The highest BCUT2D eigenvalue weighted by atomic mass is 35.5. The van der Waals surface area contributed by atoms with Gasteiger partial charge in [-0.05, 0) is 43.2 Å². The van der Waals surface area contributed by atoms with E-state index in [2.05, 4.69) is 16.0 Å². The van der Waals surface area contributed by atoms with Crippen LogP contribution in [0, 0.1) is 5.92 Å². The molecule has 2 rings (SSSR count). The van der Waals surface area contributed by atoms with E-state index in [4.69, 9.17) is 16.3 Å². The molecule has 4 N–H and O–H groups in total. The molecule has 0 aliphatic rings. The Morgan fingerprint density at radius 2 is 1.68 bits per heavy atom. The van der Waals surface area contributed by atoms with Crippen molar-refractivity contribution in [1.82, 2.24) is 16.0 Å². The number of hydrogen-bond donors (Lipinski definition) is 4. The van der Waals surface area contributed by atoms with Gasteiger partial charge < -0.3 is 25.8 Å². The van der Waals surface area contributed by atoms with E-state index in [1.165, 1.54) is 32.2 Å². The number of carboxylic acid groups (broad SMARTS) is 1. The third-order valence-corrected chi connectivity index (χ3v) is 6.26. The lowest BCUT2D eigenvalue weighted by atomic mass is 10.00. The molecule has 2 aromatic carbocycles. The average molecular weight is 574 g/mol. The number of carbonyl (C=O) groups is 6.